The van der Waals surface area contributed by atoms with Crippen LogP contribution in [0.3, 0.4) is 0 Å². The first-order valence-corrected chi connectivity index (χ1v) is 1.99. The molecule has 0 bridgehead atoms. The van der Waals surface area contributed by atoms with Gasteiger partial charge in [-0.25, -0.2) is 11.4 Å². The second-order valence-corrected chi connectivity index (χ2v) is 1.03. The number of rotatable bonds is 3. The molecule has 4 nitrogen and oxygen atoms in total. The van der Waals surface area contributed by atoms with Gasteiger partial charge in [0.15, 0.2) is 6.29 Å². The molecule has 1 unspecified atom stereocenters. The summed E-state index contributed by atoms with van der Waals surface area (Å²) in [6.45, 7) is 1.68. The van der Waals surface area contributed by atoms with Crippen molar-refractivity contribution in [3.05, 3.63) is 0 Å². The van der Waals surface area contributed by atoms with Crippen molar-refractivity contribution in [3.63, 3.8) is 0 Å². The number of nitrogens with one attached hydrogen (secondary N) is 1. The van der Waals surface area contributed by atoms with Crippen LogP contribution in [0.1, 0.15) is 6.92 Å². The van der Waals surface area contributed by atoms with E-state index in [2.05, 4.69) is 15.2 Å². The monoisotopic (exact) mass is 106 g/mol. The molecule has 0 saturated heterocycles. The fourth-order valence-electron chi connectivity index (χ4n) is 0.194. The van der Waals surface area contributed by atoms with E-state index in [1.54, 1.807) is 14.0 Å². The zero-order valence-electron chi connectivity index (χ0n) is 4.47. The van der Waals surface area contributed by atoms with E-state index in [0.717, 1.165) is 0 Å². The van der Waals surface area contributed by atoms with Crippen LogP contribution in [-0.4, -0.2) is 13.3 Å². The average molecular weight is 106 g/mol. The van der Waals surface area contributed by atoms with E-state index < -0.39 is 0 Å². The third-order valence-electron chi connectivity index (χ3n) is 0.475. The maximum absolute atomic E-state index is 4.69. The van der Waals surface area contributed by atoms with Crippen LogP contribution in [0.2, 0.25) is 0 Å². The van der Waals surface area contributed by atoms with Gasteiger partial charge < -0.3 is 0 Å². The predicted octanol–water partition coefficient (Wildman–Crippen LogP) is -0.626. The van der Waals surface area contributed by atoms with Gasteiger partial charge in [-0.15, -0.1) is 0 Å². The molecule has 44 valence electrons. The van der Waals surface area contributed by atoms with Gasteiger partial charge in [0.2, 0.25) is 0 Å². The molecule has 7 heavy (non-hydrogen) atoms. The smallest absolute Gasteiger partial charge is 0.193 e. The first kappa shape index (κ1) is 6.84. The lowest BCUT2D eigenvalue weighted by Crippen LogP contribution is -2.23. The van der Waals surface area contributed by atoms with Gasteiger partial charge in [-0.2, -0.15) is 0 Å². The number of hydrogen-bond donors (Lipinski definition) is 2. The molecule has 0 fully saturated rings. The Bertz CT molecular complexity index is 41.9. The van der Waals surface area contributed by atoms with E-state index in [0.29, 0.717) is 0 Å². The molecule has 0 aliphatic carbocycles. The van der Waals surface area contributed by atoms with Crippen molar-refractivity contribution in [3.8, 4) is 0 Å². The molecular formula is C3H10N2O2. The molecule has 0 amide bonds. The normalized spacial score (nSPS) is 14.1. The van der Waals surface area contributed by atoms with Crippen LogP contribution in [0.15, 0.2) is 0 Å². The van der Waals surface area contributed by atoms with Crippen LogP contribution in [0, 0.1) is 0 Å². The third kappa shape index (κ3) is 3.68. The van der Waals surface area contributed by atoms with Crippen molar-refractivity contribution < 1.29 is 9.68 Å². The second-order valence-electron chi connectivity index (χ2n) is 1.03. The van der Waals surface area contributed by atoms with Gasteiger partial charge in [-0.05, 0) is 6.92 Å². The minimum absolute atomic E-state index is 0.384. The van der Waals surface area contributed by atoms with E-state index in [9.17, 15) is 0 Å². The Morgan fingerprint density at radius 3 is 2.43 bits per heavy atom. The predicted molar refractivity (Wildman–Crippen MR) is 24.9 cm³/mol. The minimum Gasteiger partial charge on any atom is -0.271 e. The summed E-state index contributed by atoms with van der Waals surface area (Å²) in [5.74, 6) is 4.69. The molecule has 0 spiro atoms. The van der Waals surface area contributed by atoms with E-state index in [1.807, 2.05) is 0 Å². The molecule has 0 aromatic heterocycles. The largest absolute Gasteiger partial charge is 0.271 e. The summed E-state index contributed by atoms with van der Waals surface area (Å²) in [6.07, 6.45) is -0.384. The fourth-order valence-corrected chi connectivity index (χ4v) is 0.194. The number of hydrogen-bond acceptors (Lipinski definition) is 4. The van der Waals surface area contributed by atoms with Gasteiger partial charge in [0, 0.05) is 7.05 Å². The lowest BCUT2D eigenvalue weighted by atomic mass is 10.8. The Labute approximate surface area is 42.5 Å². The summed E-state index contributed by atoms with van der Waals surface area (Å²) in [6, 6.07) is 0. The standard InChI is InChI=1S/C3H10N2O2/c1-3(6-4)7-5-2/h3,5H,4H2,1-2H3. The maximum Gasteiger partial charge on any atom is 0.193 e. The molecule has 0 rings (SSSR count). The Kier molecular flexibility index (Phi) is 3.92. The first-order valence-electron chi connectivity index (χ1n) is 1.99. The Hall–Kier alpha value is -0.160. The SMILES string of the molecule is CNOC(C)ON. The topological polar surface area (TPSA) is 56.5 Å². The molecular weight excluding hydrogens is 96.0 g/mol. The lowest BCUT2D eigenvalue weighted by Gasteiger charge is -2.05. The Morgan fingerprint density at radius 1 is 1.71 bits per heavy atom. The summed E-state index contributed by atoms with van der Waals surface area (Å²) in [7, 11) is 1.63. The quantitative estimate of drug-likeness (QED) is 0.371. The minimum atomic E-state index is -0.384. The highest BCUT2D eigenvalue weighted by atomic mass is 16.8. The van der Waals surface area contributed by atoms with E-state index >= 15 is 0 Å². The lowest BCUT2D eigenvalue weighted by molar-refractivity contribution is -0.166. The zero-order chi connectivity index (χ0) is 5.70. The van der Waals surface area contributed by atoms with Gasteiger partial charge in [-0.3, -0.25) is 9.68 Å². The van der Waals surface area contributed by atoms with E-state index in [-0.39, 0.29) is 6.29 Å². The molecule has 0 aromatic rings. The van der Waals surface area contributed by atoms with Crippen LogP contribution in [0.4, 0.5) is 0 Å². The Balaban J connectivity index is 2.83. The molecule has 1 atom stereocenters. The molecule has 0 aliphatic rings. The molecule has 4 heteroatoms. The van der Waals surface area contributed by atoms with Gasteiger partial charge in [-0.1, -0.05) is 0 Å². The highest BCUT2D eigenvalue weighted by Gasteiger charge is 1.93. The van der Waals surface area contributed by atoms with Gasteiger partial charge >= 0.3 is 0 Å². The molecule has 0 heterocycles. The molecule has 0 aliphatic heterocycles. The fraction of sp³-hybridized carbons (Fsp3) is 1.00. The average Bonchev–Trinajstić information content (AvgIpc) is 1.68. The molecule has 0 radical (unpaired) electrons. The third-order valence-corrected chi connectivity index (χ3v) is 0.475. The summed E-state index contributed by atoms with van der Waals surface area (Å²) < 4.78 is 0. The van der Waals surface area contributed by atoms with Crippen molar-refractivity contribution in [1.82, 2.24) is 5.48 Å². The van der Waals surface area contributed by atoms with E-state index in [1.165, 1.54) is 0 Å². The van der Waals surface area contributed by atoms with Crippen LogP contribution in [-0.2, 0) is 9.68 Å². The molecule has 0 saturated carbocycles. The summed E-state index contributed by atoms with van der Waals surface area (Å²) in [4.78, 5) is 8.80. The molecule has 0 aromatic carbocycles. The summed E-state index contributed by atoms with van der Waals surface area (Å²) >= 11 is 0. The highest BCUT2D eigenvalue weighted by molar-refractivity contribution is 4.16. The summed E-state index contributed by atoms with van der Waals surface area (Å²) in [5, 5.41) is 0. The van der Waals surface area contributed by atoms with Crippen molar-refractivity contribution in [2.24, 2.45) is 5.90 Å². The Morgan fingerprint density at radius 2 is 2.29 bits per heavy atom. The van der Waals surface area contributed by atoms with Gasteiger partial charge in [0.25, 0.3) is 0 Å². The van der Waals surface area contributed by atoms with Crippen LogP contribution < -0.4 is 11.4 Å². The number of nitrogens with two attached hydrogens (primary N) is 1. The van der Waals surface area contributed by atoms with Crippen molar-refractivity contribution in [2.45, 2.75) is 13.2 Å². The van der Waals surface area contributed by atoms with Crippen LogP contribution in [0.25, 0.3) is 0 Å². The van der Waals surface area contributed by atoms with Crippen LogP contribution in [0.5, 0.6) is 0 Å². The van der Waals surface area contributed by atoms with E-state index in [4.69, 9.17) is 5.90 Å². The van der Waals surface area contributed by atoms with Gasteiger partial charge in [0.1, 0.15) is 0 Å². The highest BCUT2D eigenvalue weighted by Crippen LogP contribution is 1.80. The van der Waals surface area contributed by atoms with Crippen molar-refractivity contribution >= 4 is 0 Å². The zero-order valence-corrected chi connectivity index (χ0v) is 4.47. The number of hydroxylamine groups is 1. The van der Waals surface area contributed by atoms with Crippen molar-refractivity contribution in [2.75, 3.05) is 7.05 Å². The van der Waals surface area contributed by atoms with Gasteiger partial charge in [0.05, 0.1) is 0 Å². The summed E-state index contributed by atoms with van der Waals surface area (Å²) in [5.41, 5.74) is 2.41. The maximum atomic E-state index is 4.69. The first-order chi connectivity index (χ1) is 3.31. The second kappa shape index (κ2) is 4.01. The van der Waals surface area contributed by atoms with Crippen LogP contribution >= 0.6 is 0 Å². The molecule has 3 N–H and O–H groups in total. The van der Waals surface area contributed by atoms with Crippen molar-refractivity contribution in [1.29, 1.82) is 0 Å².